The third-order valence-corrected chi connectivity index (χ3v) is 7.06. The number of benzene rings is 1. The van der Waals surface area contributed by atoms with Gasteiger partial charge in [-0.3, -0.25) is 19.2 Å². The SMILES string of the molecule is CCC(=O)Oc1c2n(cc(C(=O)CCc3cccc(Cl)c3F)c1=O)C1(CC(OC)C1)CN(C)C2=O. The molecule has 35 heavy (non-hydrogen) atoms. The molecule has 0 saturated heterocycles. The predicted molar refractivity (Wildman–Crippen MR) is 126 cm³/mol. The first-order valence-corrected chi connectivity index (χ1v) is 11.7. The Bertz CT molecular complexity index is 1270. The number of esters is 1. The van der Waals surface area contributed by atoms with Gasteiger partial charge in [-0.25, -0.2) is 4.39 Å². The van der Waals surface area contributed by atoms with E-state index in [0.717, 1.165) is 0 Å². The van der Waals surface area contributed by atoms with E-state index in [0.29, 0.717) is 19.4 Å². The number of hydrogen-bond donors (Lipinski definition) is 0. The molecule has 0 bridgehead atoms. The summed E-state index contributed by atoms with van der Waals surface area (Å²) < 4.78 is 26.7. The van der Waals surface area contributed by atoms with E-state index in [9.17, 15) is 23.6 Å². The molecule has 1 spiro atoms. The molecule has 186 valence electrons. The Hall–Kier alpha value is -3.04. The van der Waals surface area contributed by atoms with E-state index >= 15 is 0 Å². The van der Waals surface area contributed by atoms with Gasteiger partial charge < -0.3 is 18.9 Å². The molecule has 1 aliphatic carbocycles. The number of aryl methyl sites for hydroxylation is 1. The maximum absolute atomic E-state index is 14.3. The number of carbonyl (C=O) groups excluding carboxylic acids is 3. The monoisotopic (exact) mass is 504 g/mol. The number of hydrogen-bond acceptors (Lipinski definition) is 6. The largest absolute Gasteiger partial charge is 0.420 e. The maximum Gasteiger partial charge on any atom is 0.311 e. The van der Waals surface area contributed by atoms with Crippen molar-refractivity contribution in [1.29, 1.82) is 0 Å². The summed E-state index contributed by atoms with van der Waals surface area (Å²) in [4.78, 5) is 53.3. The van der Waals surface area contributed by atoms with E-state index in [1.165, 1.54) is 23.2 Å². The topological polar surface area (TPSA) is 94.9 Å². The molecular weight excluding hydrogens is 479 g/mol. The molecule has 1 aromatic heterocycles. The Morgan fingerprint density at radius 2 is 1.97 bits per heavy atom. The normalized spacial score (nSPS) is 21.0. The summed E-state index contributed by atoms with van der Waals surface area (Å²) in [5.41, 5.74) is -1.47. The van der Waals surface area contributed by atoms with Crippen LogP contribution < -0.4 is 10.2 Å². The lowest BCUT2D eigenvalue weighted by Crippen LogP contribution is -2.61. The lowest BCUT2D eigenvalue weighted by atomic mass is 9.72. The zero-order valence-corrected chi connectivity index (χ0v) is 20.5. The summed E-state index contributed by atoms with van der Waals surface area (Å²) >= 11 is 5.83. The fourth-order valence-electron chi connectivity index (χ4n) is 4.82. The molecule has 2 heterocycles. The number of fused-ring (bicyclic) bond motifs is 2. The number of halogens is 2. The molecule has 0 unspecified atom stereocenters. The minimum atomic E-state index is -0.837. The molecule has 0 radical (unpaired) electrons. The molecule has 1 saturated carbocycles. The van der Waals surface area contributed by atoms with Gasteiger partial charge in [0.2, 0.25) is 11.2 Å². The Labute approximate surface area is 206 Å². The Morgan fingerprint density at radius 1 is 1.26 bits per heavy atom. The summed E-state index contributed by atoms with van der Waals surface area (Å²) in [5, 5.41) is -0.0557. The molecule has 2 aliphatic rings. The van der Waals surface area contributed by atoms with Crippen LogP contribution in [0.15, 0.2) is 29.2 Å². The minimum Gasteiger partial charge on any atom is -0.420 e. The zero-order chi connectivity index (χ0) is 25.5. The quantitative estimate of drug-likeness (QED) is 0.424. The van der Waals surface area contributed by atoms with Crippen LogP contribution in [-0.2, 0) is 21.5 Å². The minimum absolute atomic E-state index is 0.0218. The van der Waals surface area contributed by atoms with E-state index in [1.807, 2.05) is 0 Å². The van der Waals surface area contributed by atoms with Gasteiger partial charge in [0, 0.05) is 39.7 Å². The highest BCUT2D eigenvalue weighted by atomic mass is 35.5. The summed E-state index contributed by atoms with van der Waals surface area (Å²) in [6.45, 7) is 1.91. The number of ketones is 1. The average Bonchev–Trinajstić information content (AvgIpc) is 2.81. The van der Waals surface area contributed by atoms with Gasteiger partial charge in [0.15, 0.2) is 11.5 Å². The number of amides is 1. The number of rotatable bonds is 7. The highest BCUT2D eigenvalue weighted by Crippen LogP contribution is 2.45. The number of nitrogens with zero attached hydrogens (tertiary/aromatic N) is 2. The molecule has 4 rings (SSSR count). The summed E-state index contributed by atoms with van der Waals surface area (Å²) in [7, 11) is 3.21. The average molecular weight is 505 g/mol. The predicted octanol–water partition coefficient (Wildman–Crippen LogP) is 3.36. The van der Waals surface area contributed by atoms with Crippen molar-refractivity contribution in [2.45, 2.75) is 50.7 Å². The lowest BCUT2D eigenvalue weighted by molar-refractivity contribution is -0.134. The van der Waals surface area contributed by atoms with Gasteiger partial charge in [0.05, 0.1) is 22.2 Å². The first kappa shape index (κ1) is 25.1. The van der Waals surface area contributed by atoms with Crippen molar-refractivity contribution in [1.82, 2.24) is 9.47 Å². The van der Waals surface area contributed by atoms with Crippen molar-refractivity contribution in [2.75, 3.05) is 20.7 Å². The zero-order valence-electron chi connectivity index (χ0n) is 19.7. The van der Waals surface area contributed by atoms with Gasteiger partial charge in [-0.1, -0.05) is 30.7 Å². The van der Waals surface area contributed by atoms with Crippen molar-refractivity contribution in [3.63, 3.8) is 0 Å². The van der Waals surface area contributed by atoms with Gasteiger partial charge in [-0.2, -0.15) is 0 Å². The number of pyridine rings is 1. The molecule has 8 nitrogen and oxygen atoms in total. The van der Waals surface area contributed by atoms with E-state index in [1.54, 1.807) is 31.7 Å². The summed E-state index contributed by atoms with van der Waals surface area (Å²) in [5.74, 6) is -2.80. The van der Waals surface area contributed by atoms with Crippen LogP contribution >= 0.6 is 11.6 Å². The van der Waals surface area contributed by atoms with Crippen molar-refractivity contribution >= 4 is 29.3 Å². The van der Waals surface area contributed by atoms with Crippen LogP contribution in [0.3, 0.4) is 0 Å². The van der Waals surface area contributed by atoms with Crippen LogP contribution in [0.1, 0.15) is 59.0 Å². The summed E-state index contributed by atoms with van der Waals surface area (Å²) in [6, 6.07) is 4.51. The Balaban J connectivity index is 1.79. The third kappa shape index (κ3) is 4.38. The number of Topliss-reactive ketones (excluding diaryl/α,β-unsaturated/α-hetero) is 1. The highest BCUT2D eigenvalue weighted by molar-refractivity contribution is 6.30. The van der Waals surface area contributed by atoms with Crippen LogP contribution in [0.4, 0.5) is 4.39 Å². The maximum atomic E-state index is 14.3. The highest BCUT2D eigenvalue weighted by Gasteiger charge is 2.52. The van der Waals surface area contributed by atoms with Crippen LogP contribution in [0, 0.1) is 5.82 Å². The van der Waals surface area contributed by atoms with Gasteiger partial charge in [-0.15, -0.1) is 0 Å². The number of ether oxygens (including phenoxy) is 2. The van der Waals surface area contributed by atoms with E-state index in [4.69, 9.17) is 21.1 Å². The van der Waals surface area contributed by atoms with Gasteiger partial charge in [0.1, 0.15) is 5.82 Å². The van der Waals surface area contributed by atoms with Crippen LogP contribution in [0.2, 0.25) is 5.02 Å². The number of aromatic nitrogens is 1. The fourth-order valence-corrected chi connectivity index (χ4v) is 5.01. The molecule has 1 fully saturated rings. The van der Waals surface area contributed by atoms with E-state index in [-0.39, 0.29) is 47.2 Å². The molecule has 10 heteroatoms. The van der Waals surface area contributed by atoms with Gasteiger partial charge in [-0.05, 0) is 30.9 Å². The van der Waals surface area contributed by atoms with E-state index in [2.05, 4.69) is 0 Å². The third-order valence-electron chi connectivity index (χ3n) is 6.76. The molecule has 1 aliphatic heterocycles. The van der Waals surface area contributed by atoms with Crippen molar-refractivity contribution in [2.24, 2.45) is 0 Å². The van der Waals surface area contributed by atoms with Crippen molar-refractivity contribution in [3.05, 3.63) is 62.3 Å². The Kier molecular flexibility index (Phi) is 6.83. The van der Waals surface area contributed by atoms with Crippen LogP contribution in [0.5, 0.6) is 5.75 Å². The Morgan fingerprint density at radius 3 is 2.63 bits per heavy atom. The number of methoxy groups -OCH3 is 1. The molecule has 0 N–H and O–H groups in total. The summed E-state index contributed by atoms with van der Waals surface area (Å²) in [6.07, 6.45) is 2.28. The van der Waals surface area contributed by atoms with Crippen LogP contribution in [-0.4, -0.2) is 53.9 Å². The van der Waals surface area contributed by atoms with Crippen molar-refractivity contribution < 1.29 is 28.2 Å². The lowest BCUT2D eigenvalue weighted by Gasteiger charge is -2.53. The van der Waals surface area contributed by atoms with Crippen LogP contribution in [0.25, 0.3) is 0 Å². The van der Waals surface area contributed by atoms with E-state index < -0.39 is 40.2 Å². The smallest absolute Gasteiger partial charge is 0.311 e. The molecule has 0 atom stereocenters. The first-order chi connectivity index (χ1) is 16.6. The molecule has 1 aromatic carbocycles. The van der Waals surface area contributed by atoms with Crippen molar-refractivity contribution in [3.8, 4) is 5.75 Å². The van der Waals surface area contributed by atoms with Gasteiger partial charge in [0.25, 0.3) is 5.91 Å². The second-order valence-corrected chi connectivity index (χ2v) is 9.44. The molecule has 1 amide bonds. The number of carbonyl (C=O) groups is 3. The molecule has 2 aromatic rings. The fraction of sp³-hybridized carbons (Fsp3) is 0.440. The number of likely N-dealkylation sites (N-methyl/N-ethyl adjacent to an activating group) is 1. The second kappa shape index (κ2) is 9.54. The van der Waals surface area contributed by atoms with Gasteiger partial charge >= 0.3 is 5.97 Å². The first-order valence-electron chi connectivity index (χ1n) is 11.4. The molecular formula is C25H26ClFN2O6. The second-order valence-electron chi connectivity index (χ2n) is 9.03. The standard InChI is InChI=1S/C25H26ClFN2O6/c1-4-19(31)35-23-21-24(33)28(2)13-25(10-15(11-25)34-3)29(21)12-16(22(23)32)18(30)9-8-14-6-5-7-17(26)20(14)27/h5-7,12,15H,4,8-11,13H2,1-3H3.